The molecule has 6 nitrogen and oxygen atoms in total. The molecule has 3 rings (SSSR count). The molecule has 0 aromatic heterocycles. The number of hydrogen-bond donors (Lipinski definition) is 1. The lowest BCUT2D eigenvalue weighted by atomic mass is 10.2. The van der Waals surface area contributed by atoms with Crippen molar-refractivity contribution < 1.29 is 23.8 Å². The molecule has 6 heteroatoms. The highest BCUT2D eigenvalue weighted by molar-refractivity contribution is 6.19. The van der Waals surface area contributed by atoms with Crippen LogP contribution in [-0.2, 0) is 25.7 Å². The second-order valence-corrected chi connectivity index (χ2v) is 5.52. The van der Waals surface area contributed by atoms with E-state index in [0.29, 0.717) is 18.0 Å². The van der Waals surface area contributed by atoms with E-state index in [9.17, 15) is 9.59 Å². The van der Waals surface area contributed by atoms with Gasteiger partial charge in [-0.05, 0) is 25.1 Å². The van der Waals surface area contributed by atoms with Gasteiger partial charge in [-0.25, -0.2) is 4.79 Å². The molecule has 1 aliphatic heterocycles. The zero-order valence-electron chi connectivity index (χ0n) is 14.4. The maximum atomic E-state index is 12.4. The Kier molecular flexibility index (Phi) is 5.53. The Labute approximate surface area is 151 Å². The second-order valence-electron chi connectivity index (χ2n) is 5.52. The molecular formula is C20H19NO5. The Morgan fingerprint density at radius 1 is 1.12 bits per heavy atom. The number of Topliss-reactive ketones (excluding diaryl/α,β-unsaturated/α-hetero) is 1. The number of nitrogens with one attached hydrogen (secondary N) is 1. The van der Waals surface area contributed by atoms with Crippen LogP contribution in [0.3, 0.4) is 0 Å². The molecule has 0 saturated heterocycles. The van der Waals surface area contributed by atoms with Crippen molar-refractivity contribution in [1.82, 2.24) is 0 Å². The van der Waals surface area contributed by atoms with Gasteiger partial charge in [0.25, 0.3) is 0 Å². The van der Waals surface area contributed by atoms with Gasteiger partial charge in [-0.3, -0.25) is 4.79 Å². The van der Waals surface area contributed by atoms with Gasteiger partial charge >= 0.3 is 5.97 Å². The summed E-state index contributed by atoms with van der Waals surface area (Å²) in [5.74, 6) is -0.374. The minimum Gasteiger partial charge on any atom is -0.493 e. The van der Waals surface area contributed by atoms with Crippen molar-refractivity contribution in [2.24, 2.45) is 0 Å². The largest absolute Gasteiger partial charge is 0.493 e. The second kappa shape index (κ2) is 8.20. The zero-order chi connectivity index (χ0) is 18.4. The van der Waals surface area contributed by atoms with Gasteiger partial charge in [0, 0.05) is 11.3 Å². The summed E-state index contributed by atoms with van der Waals surface area (Å²) in [6.45, 7) is 2.21. The number of anilines is 1. The molecule has 0 unspecified atom stereocenters. The summed E-state index contributed by atoms with van der Waals surface area (Å²) in [7, 11) is 0. The van der Waals surface area contributed by atoms with E-state index in [-0.39, 0.29) is 24.7 Å². The number of hydrogen-bond acceptors (Lipinski definition) is 6. The maximum Gasteiger partial charge on any atom is 0.347 e. The molecule has 0 saturated carbocycles. The number of carbonyl (C=O) groups is 2. The van der Waals surface area contributed by atoms with Crippen molar-refractivity contribution in [1.29, 1.82) is 0 Å². The lowest BCUT2D eigenvalue weighted by Crippen LogP contribution is -2.16. The molecule has 0 fully saturated rings. The fourth-order valence-corrected chi connectivity index (χ4v) is 2.50. The molecule has 0 radical (unpaired) electrons. The predicted octanol–water partition coefficient (Wildman–Crippen LogP) is 3.05. The highest BCUT2D eigenvalue weighted by Crippen LogP contribution is 2.23. The fourth-order valence-electron chi connectivity index (χ4n) is 2.50. The van der Waals surface area contributed by atoms with Crippen molar-refractivity contribution in [2.75, 3.05) is 18.5 Å². The molecule has 0 spiro atoms. The number of rotatable bonds is 7. The smallest absolute Gasteiger partial charge is 0.347 e. The summed E-state index contributed by atoms with van der Waals surface area (Å²) in [4.78, 5) is 24.5. The van der Waals surface area contributed by atoms with E-state index >= 15 is 0 Å². The standard InChI is InChI=1S/C20H19NO5/c1-2-24-17-11-7-6-8-14(17)12-26-20(23)18-16(22)13-25-19(18)21-15-9-4-3-5-10-15/h3-11,21H,2,12-13H2,1H3. The summed E-state index contributed by atoms with van der Waals surface area (Å²) < 4.78 is 16.1. The molecule has 1 N–H and O–H groups in total. The van der Waals surface area contributed by atoms with E-state index in [2.05, 4.69) is 5.32 Å². The number of para-hydroxylation sites is 2. The average Bonchev–Trinajstić information content (AvgIpc) is 3.02. The van der Waals surface area contributed by atoms with Crippen LogP contribution in [0, 0.1) is 0 Å². The van der Waals surface area contributed by atoms with Crippen LogP contribution < -0.4 is 10.1 Å². The highest BCUT2D eigenvalue weighted by Gasteiger charge is 2.32. The van der Waals surface area contributed by atoms with Crippen molar-refractivity contribution >= 4 is 17.4 Å². The van der Waals surface area contributed by atoms with E-state index in [1.165, 1.54) is 0 Å². The van der Waals surface area contributed by atoms with Crippen molar-refractivity contribution in [2.45, 2.75) is 13.5 Å². The molecule has 26 heavy (non-hydrogen) atoms. The topological polar surface area (TPSA) is 73.9 Å². The van der Waals surface area contributed by atoms with Crippen molar-refractivity contribution in [3.05, 3.63) is 71.6 Å². The van der Waals surface area contributed by atoms with Crippen LogP contribution in [-0.4, -0.2) is 25.0 Å². The molecular weight excluding hydrogens is 334 g/mol. The molecule has 0 aliphatic carbocycles. The van der Waals surface area contributed by atoms with Crippen LogP contribution in [0.4, 0.5) is 5.69 Å². The molecule has 0 bridgehead atoms. The van der Waals surface area contributed by atoms with Gasteiger partial charge in [-0.15, -0.1) is 0 Å². The summed E-state index contributed by atoms with van der Waals surface area (Å²) in [5.41, 5.74) is 1.33. The van der Waals surface area contributed by atoms with E-state index in [1.807, 2.05) is 43.3 Å². The SMILES string of the molecule is CCOc1ccccc1COC(=O)C1=C(Nc2ccccc2)OCC1=O. The van der Waals surface area contributed by atoms with Crippen LogP contribution in [0.1, 0.15) is 12.5 Å². The average molecular weight is 353 g/mol. The summed E-state index contributed by atoms with van der Waals surface area (Å²) in [6, 6.07) is 16.4. The molecule has 2 aromatic rings. The first-order valence-electron chi connectivity index (χ1n) is 8.29. The minimum absolute atomic E-state index is 0.00437. The quantitative estimate of drug-likeness (QED) is 0.609. The first-order chi connectivity index (χ1) is 12.7. The maximum absolute atomic E-state index is 12.4. The Morgan fingerprint density at radius 3 is 2.62 bits per heavy atom. The van der Waals surface area contributed by atoms with Gasteiger partial charge in [0.2, 0.25) is 11.7 Å². The van der Waals surface area contributed by atoms with Crippen LogP contribution in [0.5, 0.6) is 5.75 Å². The Morgan fingerprint density at radius 2 is 1.85 bits per heavy atom. The third-order valence-corrected chi connectivity index (χ3v) is 3.72. The van der Waals surface area contributed by atoms with Gasteiger partial charge in [-0.1, -0.05) is 36.4 Å². The van der Waals surface area contributed by atoms with Gasteiger partial charge < -0.3 is 19.5 Å². The predicted molar refractivity (Wildman–Crippen MR) is 95.5 cm³/mol. The van der Waals surface area contributed by atoms with E-state index < -0.39 is 11.8 Å². The number of ketones is 1. The van der Waals surface area contributed by atoms with Crippen LogP contribution in [0.2, 0.25) is 0 Å². The Bertz CT molecular complexity index is 829. The lowest BCUT2D eigenvalue weighted by molar-refractivity contribution is -0.141. The van der Waals surface area contributed by atoms with Crippen LogP contribution >= 0.6 is 0 Å². The lowest BCUT2D eigenvalue weighted by Gasteiger charge is -2.11. The van der Waals surface area contributed by atoms with Crippen molar-refractivity contribution in [3.8, 4) is 5.75 Å². The minimum atomic E-state index is -0.725. The molecule has 1 aliphatic rings. The van der Waals surface area contributed by atoms with Crippen molar-refractivity contribution in [3.63, 3.8) is 0 Å². The number of ether oxygens (including phenoxy) is 3. The number of carbonyl (C=O) groups excluding carboxylic acids is 2. The molecule has 2 aromatic carbocycles. The molecule has 0 atom stereocenters. The third-order valence-electron chi connectivity index (χ3n) is 3.72. The summed E-state index contributed by atoms with van der Waals surface area (Å²) in [6.07, 6.45) is 0. The van der Waals surface area contributed by atoms with Crippen LogP contribution in [0.15, 0.2) is 66.1 Å². The summed E-state index contributed by atoms with van der Waals surface area (Å²) in [5, 5.41) is 2.94. The van der Waals surface area contributed by atoms with Gasteiger partial charge in [0.05, 0.1) is 6.61 Å². The molecule has 0 amide bonds. The Balaban J connectivity index is 1.73. The third kappa shape index (κ3) is 4.03. The van der Waals surface area contributed by atoms with E-state index in [0.717, 1.165) is 5.56 Å². The fraction of sp³-hybridized carbons (Fsp3) is 0.200. The van der Waals surface area contributed by atoms with Gasteiger partial charge in [0.1, 0.15) is 12.4 Å². The van der Waals surface area contributed by atoms with Crippen LogP contribution in [0.25, 0.3) is 0 Å². The molecule has 134 valence electrons. The Hall–Kier alpha value is -3.28. The first-order valence-corrected chi connectivity index (χ1v) is 8.29. The first kappa shape index (κ1) is 17.5. The monoisotopic (exact) mass is 353 g/mol. The van der Waals surface area contributed by atoms with E-state index in [4.69, 9.17) is 14.2 Å². The van der Waals surface area contributed by atoms with Gasteiger partial charge in [-0.2, -0.15) is 0 Å². The molecule has 1 heterocycles. The number of benzene rings is 2. The van der Waals surface area contributed by atoms with Gasteiger partial charge in [0.15, 0.2) is 12.2 Å². The summed E-state index contributed by atoms with van der Waals surface area (Å²) >= 11 is 0. The zero-order valence-corrected chi connectivity index (χ0v) is 14.4. The highest BCUT2D eigenvalue weighted by atomic mass is 16.5. The normalized spacial score (nSPS) is 13.3. The van der Waals surface area contributed by atoms with E-state index in [1.54, 1.807) is 18.2 Å². The number of esters is 1.